The van der Waals surface area contributed by atoms with E-state index < -0.39 is 10.0 Å². The van der Waals surface area contributed by atoms with Crippen LogP contribution in [0.15, 0.2) is 77.7 Å². The summed E-state index contributed by atoms with van der Waals surface area (Å²) in [6.07, 6.45) is 2.43. The van der Waals surface area contributed by atoms with E-state index in [1.54, 1.807) is 36.4 Å². The minimum atomic E-state index is -3.74. The van der Waals surface area contributed by atoms with Crippen molar-refractivity contribution < 1.29 is 17.9 Å². The monoisotopic (exact) mass is 465 g/mol. The van der Waals surface area contributed by atoms with Gasteiger partial charge in [-0.1, -0.05) is 0 Å². The molecule has 8 heteroatoms. The predicted molar refractivity (Wildman–Crippen MR) is 131 cm³/mol. The zero-order valence-electron chi connectivity index (χ0n) is 18.7. The number of methoxy groups -OCH3 is 1. The number of carbonyl (C=O) groups is 1. The molecular weight excluding hydrogens is 438 g/mol. The van der Waals surface area contributed by atoms with Gasteiger partial charge in [0.05, 0.1) is 17.7 Å². The Balaban J connectivity index is 1.43. The molecule has 0 bridgehead atoms. The van der Waals surface area contributed by atoms with E-state index in [0.717, 1.165) is 18.8 Å². The molecule has 172 valence electrons. The molecule has 0 aliphatic carbocycles. The third-order valence-electron chi connectivity index (χ3n) is 5.81. The molecule has 0 radical (unpaired) electrons. The minimum absolute atomic E-state index is 0.157. The molecule has 1 heterocycles. The predicted octanol–water partition coefficient (Wildman–Crippen LogP) is 4.37. The fourth-order valence-corrected chi connectivity index (χ4v) is 5.00. The number of hydrogen-bond donors (Lipinski definition) is 1. The Bertz CT molecular complexity index is 1200. The molecule has 0 aromatic heterocycles. The summed E-state index contributed by atoms with van der Waals surface area (Å²) in [5, 5.41) is 2.89. The van der Waals surface area contributed by atoms with Gasteiger partial charge in [-0.3, -0.25) is 9.10 Å². The number of nitrogens with one attached hydrogen (secondary N) is 1. The van der Waals surface area contributed by atoms with Gasteiger partial charge in [0.1, 0.15) is 5.75 Å². The quantitative estimate of drug-likeness (QED) is 0.561. The molecule has 1 saturated heterocycles. The van der Waals surface area contributed by atoms with Crippen LogP contribution in [-0.4, -0.2) is 41.6 Å². The van der Waals surface area contributed by atoms with Crippen molar-refractivity contribution >= 4 is 33.0 Å². The van der Waals surface area contributed by atoms with Crippen LogP contribution in [0, 0.1) is 0 Å². The van der Waals surface area contributed by atoms with Crippen molar-refractivity contribution in [1.29, 1.82) is 0 Å². The second kappa shape index (κ2) is 9.54. The van der Waals surface area contributed by atoms with E-state index in [9.17, 15) is 13.2 Å². The number of ether oxygens (including phenoxy) is 1. The average molecular weight is 466 g/mol. The van der Waals surface area contributed by atoms with Crippen LogP contribution in [0.1, 0.15) is 23.2 Å². The first-order chi connectivity index (χ1) is 15.9. The van der Waals surface area contributed by atoms with E-state index in [2.05, 4.69) is 10.2 Å². The first kappa shape index (κ1) is 22.7. The van der Waals surface area contributed by atoms with Crippen molar-refractivity contribution in [3.8, 4) is 5.75 Å². The zero-order valence-corrected chi connectivity index (χ0v) is 19.5. The molecule has 1 N–H and O–H groups in total. The molecule has 1 aliphatic heterocycles. The minimum Gasteiger partial charge on any atom is -0.497 e. The lowest BCUT2D eigenvalue weighted by atomic mass is 10.2. The van der Waals surface area contributed by atoms with Gasteiger partial charge < -0.3 is 15.0 Å². The van der Waals surface area contributed by atoms with Crippen LogP contribution in [-0.2, 0) is 10.0 Å². The summed E-state index contributed by atoms with van der Waals surface area (Å²) in [7, 11) is -0.729. The summed E-state index contributed by atoms with van der Waals surface area (Å²) >= 11 is 0. The maximum absolute atomic E-state index is 12.9. The van der Waals surface area contributed by atoms with Gasteiger partial charge in [0.2, 0.25) is 0 Å². The van der Waals surface area contributed by atoms with Gasteiger partial charge in [0.15, 0.2) is 0 Å². The number of carbonyl (C=O) groups excluding carboxylic acids is 1. The van der Waals surface area contributed by atoms with E-state index in [0.29, 0.717) is 22.7 Å². The Labute approximate surface area is 194 Å². The van der Waals surface area contributed by atoms with Crippen molar-refractivity contribution in [2.24, 2.45) is 0 Å². The Morgan fingerprint density at radius 2 is 1.52 bits per heavy atom. The highest BCUT2D eigenvalue weighted by molar-refractivity contribution is 7.92. The van der Waals surface area contributed by atoms with E-state index in [-0.39, 0.29) is 10.8 Å². The maximum atomic E-state index is 12.9. The lowest BCUT2D eigenvalue weighted by molar-refractivity contribution is 0.102. The first-order valence-corrected chi connectivity index (χ1v) is 12.2. The normalized spacial score (nSPS) is 13.6. The SMILES string of the molecule is COc1ccc(S(=O)(=O)N(C)c2ccc(C(=O)Nc3ccc(N4CCCC4)cc3)cc2)cc1. The number of amides is 1. The molecule has 1 aliphatic rings. The molecule has 4 rings (SSSR count). The molecule has 33 heavy (non-hydrogen) atoms. The first-order valence-electron chi connectivity index (χ1n) is 10.8. The van der Waals surface area contributed by atoms with Crippen LogP contribution in [0.2, 0.25) is 0 Å². The van der Waals surface area contributed by atoms with E-state index in [4.69, 9.17) is 4.74 Å². The molecule has 0 saturated carbocycles. The topological polar surface area (TPSA) is 79.0 Å². The highest BCUT2D eigenvalue weighted by Crippen LogP contribution is 2.25. The van der Waals surface area contributed by atoms with Crippen molar-refractivity contribution in [3.63, 3.8) is 0 Å². The summed E-state index contributed by atoms with van der Waals surface area (Å²) in [5.74, 6) is 0.328. The Morgan fingerprint density at radius 1 is 0.909 bits per heavy atom. The number of nitrogens with zero attached hydrogens (tertiary/aromatic N) is 2. The Hall–Kier alpha value is -3.52. The average Bonchev–Trinajstić information content (AvgIpc) is 3.39. The summed E-state index contributed by atoms with van der Waals surface area (Å²) in [6.45, 7) is 2.14. The lowest BCUT2D eigenvalue weighted by Crippen LogP contribution is -2.26. The van der Waals surface area contributed by atoms with Crippen molar-refractivity contribution in [3.05, 3.63) is 78.4 Å². The van der Waals surface area contributed by atoms with Crippen LogP contribution < -0.4 is 19.3 Å². The lowest BCUT2D eigenvalue weighted by Gasteiger charge is -2.20. The van der Waals surface area contributed by atoms with Gasteiger partial charge in [0, 0.05) is 37.1 Å². The van der Waals surface area contributed by atoms with Crippen LogP contribution in [0.3, 0.4) is 0 Å². The number of sulfonamides is 1. The molecule has 0 atom stereocenters. The molecule has 1 fully saturated rings. The number of benzene rings is 3. The van der Waals surface area contributed by atoms with E-state index >= 15 is 0 Å². The molecule has 3 aromatic rings. The molecule has 0 spiro atoms. The highest BCUT2D eigenvalue weighted by Gasteiger charge is 2.21. The van der Waals surface area contributed by atoms with Gasteiger partial charge in [-0.25, -0.2) is 8.42 Å². The molecule has 1 amide bonds. The third kappa shape index (κ3) is 4.96. The van der Waals surface area contributed by atoms with Crippen molar-refractivity contribution in [2.75, 3.05) is 41.8 Å². The number of anilines is 3. The molecule has 0 unspecified atom stereocenters. The van der Waals surface area contributed by atoms with Gasteiger partial charge in [-0.15, -0.1) is 0 Å². The number of rotatable bonds is 7. The van der Waals surface area contributed by atoms with Gasteiger partial charge in [-0.05, 0) is 85.6 Å². The molecule has 3 aromatic carbocycles. The Kier molecular flexibility index (Phi) is 6.55. The van der Waals surface area contributed by atoms with Gasteiger partial charge in [0.25, 0.3) is 15.9 Å². The van der Waals surface area contributed by atoms with E-state index in [1.807, 2.05) is 24.3 Å². The van der Waals surface area contributed by atoms with Crippen molar-refractivity contribution in [1.82, 2.24) is 0 Å². The molecule has 7 nitrogen and oxygen atoms in total. The summed E-state index contributed by atoms with van der Waals surface area (Å²) in [4.78, 5) is 15.1. The van der Waals surface area contributed by atoms with Gasteiger partial charge in [-0.2, -0.15) is 0 Å². The van der Waals surface area contributed by atoms with Crippen LogP contribution in [0.4, 0.5) is 17.1 Å². The summed E-state index contributed by atoms with van der Waals surface area (Å²) < 4.78 is 32.1. The highest BCUT2D eigenvalue weighted by atomic mass is 32.2. The molecular formula is C25H27N3O4S. The second-order valence-corrected chi connectivity index (χ2v) is 9.86. The van der Waals surface area contributed by atoms with Crippen LogP contribution >= 0.6 is 0 Å². The van der Waals surface area contributed by atoms with Crippen molar-refractivity contribution in [2.45, 2.75) is 17.7 Å². The fraction of sp³-hybridized carbons (Fsp3) is 0.240. The van der Waals surface area contributed by atoms with Gasteiger partial charge >= 0.3 is 0 Å². The fourth-order valence-electron chi connectivity index (χ4n) is 3.80. The summed E-state index contributed by atoms with van der Waals surface area (Å²) in [5.41, 5.74) is 2.78. The van der Waals surface area contributed by atoms with E-state index in [1.165, 1.54) is 43.4 Å². The maximum Gasteiger partial charge on any atom is 0.264 e. The Morgan fingerprint density at radius 3 is 2.09 bits per heavy atom. The smallest absolute Gasteiger partial charge is 0.264 e. The third-order valence-corrected chi connectivity index (χ3v) is 7.61. The van der Waals surface area contributed by atoms with Crippen LogP contribution in [0.5, 0.6) is 5.75 Å². The standard InChI is InChI=1S/C25H27N3O4S/c1-27(33(30,31)24-15-13-23(32-2)14-16-24)21-9-5-19(6-10-21)25(29)26-20-7-11-22(12-8-20)28-17-3-4-18-28/h5-16H,3-4,17-18H2,1-2H3,(H,26,29). The van der Waals surface area contributed by atoms with Crippen LogP contribution in [0.25, 0.3) is 0 Å². The largest absolute Gasteiger partial charge is 0.497 e. The summed E-state index contributed by atoms with van der Waals surface area (Å²) in [6, 6.07) is 20.5. The second-order valence-electron chi connectivity index (χ2n) is 7.89. The zero-order chi connectivity index (χ0) is 23.4. The number of hydrogen-bond acceptors (Lipinski definition) is 5.